The van der Waals surface area contributed by atoms with Gasteiger partial charge in [-0.05, 0) is 58.7 Å². The van der Waals surface area contributed by atoms with Gasteiger partial charge in [0.2, 0.25) is 11.8 Å². The van der Waals surface area contributed by atoms with E-state index in [0.29, 0.717) is 22.3 Å². The fourth-order valence-electron chi connectivity index (χ4n) is 11.3. The Bertz CT molecular complexity index is 3150. The molecular weight excluding hydrogens is 889 g/mol. The van der Waals surface area contributed by atoms with Crippen LogP contribution in [0.1, 0.15) is 63.7 Å². The van der Waals surface area contributed by atoms with Crippen molar-refractivity contribution in [2.24, 2.45) is 11.8 Å². The number of phenols is 2. The largest absolute Gasteiger partial charge is 0.504 e. The second kappa shape index (κ2) is 16.7. The normalized spacial score (nSPS) is 25.2. The number of amides is 2. The van der Waals surface area contributed by atoms with Crippen LogP contribution in [0.5, 0.6) is 23.0 Å². The van der Waals surface area contributed by atoms with Crippen LogP contribution in [0.4, 0.5) is 22.7 Å². The molecule has 0 aliphatic carbocycles. The summed E-state index contributed by atoms with van der Waals surface area (Å²) in [6.45, 7) is 0. The first-order valence-corrected chi connectivity index (χ1v) is 21.9. The number of nitro groups is 2. The SMILES string of the molecule is COc1ccc(C2C(c3ccccc3)NC3(C(=O)Nc4ccc([N+](=O)[O-])cc43)C2C(=O)CC(=O)C2C(c3ccccc3)NC3(C(=O)Nc4ccc([N+](=O)[O-])cc43)C2c2ccc(O)c(OC)c2)cc1O. The van der Waals surface area contributed by atoms with E-state index in [4.69, 9.17) is 9.47 Å². The number of methoxy groups -OCH3 is 2. The number of nitrogens with zero attached hydrogens (tertiary/aromatic N) is 2. The first-order chi connectivity index (χ1) is 33.2. The highest BCUT2D eigenvalue weighted by Crippen LogP contribution is 2.61. The first-order valence-electron chi connectivity index (χ1n) is 21.9. The van der Waals surface area contributed by atoms with Gasteiger partial charge in [-0.2, -0.15) is 0 Å². The van der Waals surface area contributed by atoms with E-state index in [0.717, 1.165) is 0 Å². The molecule has 4 aliphatic rings. The van der Waals surface area contributed by atoms with Gasteiger partial charge in [-0.3, -0.25) is 50.0 Å². The summed E-state index contributed by atoms with van der Waals surface area (Å²) in [6, 6.07) is 32.4. The maximum absolute atomic E-state index is 16.0. The molecule has 0 radical (unpaired) electrons. The molecule has 69 heavy (non-hydrogen) atoms. The van der Waals surface area contributed by atoms with Gasteiger partial charge in [0.15, 0.2) is 23.0 Å². The third kappa shape index (κ3) is 6.85. The van der Waals surface area contributed by atoms with E-state index in [9.17, 15) is 40.0 Å². The highest BCUT2D eigenvalue weighted by atomic mass is 16.6. The summed E-state index contributed by atoms with van der Waals surface area (Å²) in [6.07, 6.45) is -0.854. The van der Waals surface area contributed by atoms with Crippen molar-refractivity contribution in [2.45, 2.75) is 41.4 Å². The van der Waals surface area contributed by atoms with E-state index in [2.05, 4.69) is 21.3 Å². The molecule has 0 aromatic heterocycles. The summed E-state index contributed by atoms with van der Waals surface area (Å²) in [5.41, 5.74) is -2.02. The lowest BCUT2D eigenvalue weighted by Gasteiger charge is -2.33. The molecule has 6 aromatic carbocycles. The minimum atomic E-state index is -2.03. The predicted molar refractivity (Wildman–Crippen MR) is 248 cm³/mol. The number of ketones is 2. The average Bonchev–Trinajstić information content (AvgIpc) is 4.07. The summed E-state index contributed by atoms with van der Waals surface area (Å²) in [4.78, 5) is 84.9. The Labute approximate surface area is 392 Å². The number of carbonyl (C=O) groups is 4. The van der Waals surface area contributed by atoms with E-state index in [1.807, 2.05) is 0 Å². The minimum Gasteiger partial charge on any atom is -0.504 e. The Morgan fingerprint density at radius 3 is 1.70 bits per heavy atom. The number of nitrogens with one attached hydrogen (secondary N) is 4. The quantitative estimate of drug-likeness (QED) is 0.0413. The van der Waals surface area contributed by atoms with Crippen molar-refractivity contribution in [1.82, 2.24) is 10.6 Å². The summed E-state index contributed by atoms with van der Waals surface area (Å²) in [5, 5.41) is 59.2. The molecule has 6 N–H and O–H groups in total. The van der Waals surface area contributed by atoms with Gasteiger partial charge >= 0.3 is 0 Å². The Hall–Kier alpha value is -8.48. The van der Waals surface area contributed by atoms with E-state index in [-0.39, 0.29) is 56.9 Å². The van der Waals surface area contributed by atoms with E-state index < -0.39 is 86.5 Å². The van der Waals surface area contributed by atoms with Crippen LogP contribution in [0.3, 0.4) is 0 Å². The van der Waals surface area contributed by atoms with Crippen LogP contribution in [-0.2, 0) is 30.3 Å². The van der Waals surface area contributed by atoms with Gasteiger partial charge in [-0.1, -0.05) is 72.8 Å². The molecule has 8 atom stereocenters. The second-order valence-corrected chi connectivity index (χ2v) is 17.5. The van der Waals surface area contributed by atoms with Crippen molar-refractivity contribution >= 4 is 46.1 Å². The molecule has 2 spiro atoms. The number of anilines is 2. The van der Waals surface area contributed by atoms with Crippen LogP contribution in [0, 0.1) is 32.1 Å². The number of benzene rings is 6. The maximum atomic E-state index is 16.0. The van der Waals surface area contributed by atoms with Crippen LogP contribution < -0.4 is 30.7 Å². The van der Waals surface area contributed by atoms with Crippen LogP contribution in [0.25, 0.3) is 0 Å². The van der Waals surface area contributed by atoms with Crippen molar-refractivity contribution in [2.75, 3.05) is 24.9 Å². The van der Waals surface area contributed by atoms with Gasteiger partial charge < -0.3 is 30.3 Å². The zero-order chi connectivity index (χ0) is 48.5. The molecule has 4 aliphatic heterocycles. The Balaban J connectivity index is 1.18. The number of Topliss-reactive ketones (excluding diaryl/α,β-unsaturated/α-hetero) is 2. The number of nitro benzene ring substituents is 2. The van der Waals surface area contributed by atoms with Gasteiger partial charge in [-0.25, -0.2) is 0 Å². The number of aromatic hydroxyl groups is 2. The van der Waals surface area contributed by atoms with Crippen LogP contribution in [0.2, 0.25) is 0 Å². The van der Waals surface area contributed by atoms with Gasteiger partial charge in [-0.15, -0.1) is 0 Å². The molecular formula is C51H42N6O12. The topological polar surface area (TPSA) is 262 Å². The molecule has 2 amide bonds. The van der Waals surface area contributed by atoms with Crippen molar-refractivity contribution in [3.05, 3.63) is 187 Å². The lowest BCUT2D eigenvalue weighted by molar-refractivity contribution is -0.385. The highest BCUT2D eigenvalue weighted by molar-refractivity contribution is 6.13. The Kier molecular flexibility index (Phi) is 10.7. The predicted octanol–water partition coefficient (Wildman–Crippen LogP) is 6.94. The van der Waals surface area contributed by atoms with Crippen LogP contribution >= 0.6 is 0 Å². The van der Waals surface area contributed by atoms with Crippen molar-refractivity contribution in [3.63, 3.8) is 0 Å². The summed E-state index contributed by atoms with van der Waals surface area (Å²) in [5.74, 6) is -8.23. The van der Waals surface area contributed by atoms with E-state index in [1.54, 1.807) is 66.7 Å². The van der Waals surface area contributed by atoms with E-state index in [1.165, 1.54) is 80.9 Å². The van der Waals surface area contributed by atoms with Crippen LogP contribution in [0.15, 0.2) is 133 Å². The molecule has 348 valence electrons. The summed E-state index contributed by atoms with van der Waals surface area (Å²) >= 11 is 0. The van der Waals surface area contributed by atoms with Gasteiger partial charge in [0.1, 0.15) is 22.6 Å². The molecule has 0 saturated carbocycles. The van der Waals surface area contributed by atoms with Crippen molar-refractivity contribution in [3.8, 4) is 23.0 Å². The maximum Gasteiger partial charge on any atom is 0.269 e. The minimum absolute atomic E-state index is 0.00211. The average molecular weight is 931 g/mol. The number of phenolic OH excluding ortho intramolecular Hbond substituents is 2. The third-order valence-corrected chi connectivity index (χ3v) is 14.2. The van der Waals surface area contributed by atoms with Gasteiger partial charge in [0.05, 0.1) is 36.4 Å². The number of fused-ring (bicyclic) bond motifs is 4. The zero-order valence-corrected chi connectivity index (χ0v) is 36.7. The number of non-ortho nitro benzene ring substituents is 2. The fourth-order valence-corrected chi connectivity index (χ4v) is 11.3. The van der Waals surface area contributed by atoms with Gasteiger partial charge in [0, 0.05) is 76.6 Å². The lowest BCUT2D eigenvalue weighted by Crippen LogP contribution is -2.51. The van der Waals surface area contributed by atoms with E-state index >= 15 is 9.59 Å². The smallest absolute Gasteiger partial charge is 0.269 e. The zero-order valence-electron chi connectivity index (χ0n) is 36.7. The first kappa shape index (κ1) is 44.4. The monoisotopic (exact) mass is 930 g/mol. The lowest BCUT2D eigenvalue weighted by atomic mass is 9.67. The molecule has 18 nitrogen and oxygen atoms in total. The second-order valence-electron chi connectivity index (χ2n) is 17.5. The Morgan fingerprint density at radius 1 is 0.594 bits per heavy atom. The van der Waals surface area contributed by atoms with Gasteiger partial charge in [0.25, 0.3) is 11.4 Å². The van der Waals surface area contributed by atoms with Crippen molar-refractivity contribution in [1.29, 1.82) is 0 Å². The molecule has 2 saturated heterocycles. The highest BCUT2D eigenvalue weighted by Gasteiger charge is 2.67. The fraction of sp³-hybridized carbons (Fsp3) is 0.216. The molecule has 10 rings (SSSR count). The van der Waals surface area contributed by atoms with Crippen LogP contribution in [-0.4, -0.2) is 57.7 Å². The molecule has 0 bridgehead atoms. The number of hydrogen-bond acceptors (Lipinski definition) is 14. The van der Waals surface area contributed by atoms with Crippen molar-refractivity contribution < 1.29 is 48.7 Å². The number of rotatable bonds is 12. The summed E-state index contributed by atoms with van der Waals surface area (Å²) in [7, 11) is 2.70. The number of carbonyl (C=O) groups excluding carboxylic acids is 4. The summed E-state index contributed by atoms with van der Waals surface area (Å²) < 4.78 is 10.9. The molecule has 18 heteroatoms. The molecule has 6 aromatic rings. The molecule has 8 unspecified atom stereocenters. The molecule has 2 fully saturated rings. The standard InChI is InChI=1S/C51H42N6O12/c1-68-40-20-14-28(21-37(40)59)42-45(51(54-46(42)26-9-5-3-6-10-26)33-24-31(57(66)67)16-18-35(33)53-49(51)63)39(61)25-38(60)43-44(29-13-19-36(58)41(22-29)69-2)50(55-47(43)27-11-7-4-8-12-27)32-23-30(56(64)65)15-17-34(32)52-48(50)62/h3-24,42-47,54-55,58-59H,25H2,1-2H3,(H,52,62)(H,53,63). The number of hydrogen-bond donors (Lipinski definition) is 6. The third-order valence-electron chi connectivity index (χ3n) is 14.2. The molecule has 4 heterocycles. The number of ether oxygens (including phenoxy) is 2. The Morgan fingerprint density at radius 2 is 1.13 bits per heavy atom.